The highest BCUT2D eigenvalue weighted by Gasteiger charge is 2.30. The molecule has 0 aromatic heterocycles. The van der Waals surface area contributed by atoms with Gasteiger partial charge in [0.05, 0.1) is 6.04 Å². The van der Waals surface area contributed by atoms with Gasteiger partial charge in [-0.1, -0.05) is 30.3 Å². The highest BCUT2D eigenvalue weighted by molar-refractivity contribution is 5.97. The van der Waals surface area contributed by atoms with Crippen LogP contribution in [0.25, 0.3) is 0 Å². The Labute approximate surface area is 146 Å². The molecule has 1 aliphatic rings. The van der Waals surface area contributed by atoms with Crippen molar-refractivity contribution in [3.8, 4) is 0 Å². The number of rotatable bonds is 4. The van der Waals surface area contributed by atoms with Crippen LogP contribution in [0.2, 0.25) is 0 Å². The summed E-state index contributed by atoms with van der Waals surface area (Å²) in [5.74, 6) is 0.464. The van der Waals surface area contributed by atoms with Gasteiger partial charge in [-0.05, 0) is 29.8 Å². The third-order valence-electron chi connectivity index (χ3n) is 4.13. The van der Waals surface area contributed by atoms with Crippen LogP contribution in [0.4, 0.5) is 10.1 Å². The van der Waals surface area contributed by atoms with Gasteiger partial charge in [-0.15, -0.1) is 0 Å². The lowest BCUT2D eigenvalue weighted by Gasteiger charge is -2.19. The first-order valence-electron chi connectivity index (χ1n) is 8.23. The summed E-state index contributed by atoms with van der Waals surface area (Å²) in [6.45, 7) is 1.13. The number of halogens is 1. The van der Waals surface area contributed by atoms with Gasteiger partial charge in [0, 0.05) is 32.2 Å². The molecule has 0 spiro atoms. The first-order chi connectivity index (χ1) is 12.2. The highest BCUT2D eigenvalue weighted by Crippen LogP contribution is 2.20. The van der Waals surface area contributed by atoms with Gasteiger partial charge in [-0.3, -0.25) is 9.79 Å². The Hall–Kier alpha value is -2.89. The van der Waals surface area contributed by atoms with E-state index < -0.39 is 0 Å². The number of nitrogens with one attached hydrogen (secondary N) is 2. The lowest BCUT2D eigenvalue weighted by atomic mass is 10.2. The van der Waals surface area contributed by atoms with Crippen molar-refractivity contribution in [3.63, 3.8) is 0 Å². The second kappa shape index (κ2) is 7.79. The predicted molar refractivity (Wildman–Crippen MR) is 96.9 cm³/mol. The molecule has 1 atom stereocenters. The number of carbonyl (C=O) groups is 1. The fraction of sp³-hybridized carbons (Fsp3) is 0.263. The van der Waals surface area contributed by atoms with Crippen LogP contribution in [0.15, 0.2) is 59.6 Å². The molecule has 1 saturated heterocycles. The van der Waals surface area contributed by atoms with E-state index in [2.05, 4.69) is 15.6 Å². The van der Waals surface area contributed by atoms with Gasteiger partial charge in [0.2, 0.25) is 5.91 Å². The van der Waals surface area contributed by atoms with Gasteiger partial charge < -0.3 is 15.5 Å². The molecule has 130 valence electrons. The van der Waals surface area contributed by atoms with E-state index in [1.165, 1.54) is 12.1 Å². The first kappa shape index (κ1) is 17.0. The lowest BCUT2D eigenvalue weighted by Crippen LogP contribution is -2.44. The van der Waals surface area contributed by atoms with Crippen LogP contribution in [-0.2, 0) is 11.3 Å². The van der Waals surface area contributed by atoms with Gasteiger partial charge in [0.1, 0.15) is 5.82 Å². The Bertz CT molecular complexity index is 746. The summed E-state index contributed by atoms with van der Waals surface area (Å²) in [5.41, 5.74) is 1.86. The number of guanidine groups is 1. The van der Waals surface area contributed by atoms with E-state index in [1.807, 2.05) is 30.3 Å². The van der Waals surface area contributed by atoms with Crippen LogP contribution in [0, 0.1) is 5.82 Å². The summed E-state index contributed by atoms with van der Waals surface area (Å²) in [6, 6.07) is 16.0. The van der Waals surface area contributed by atoms with E-state index in [-0.39, 0.29) is 17.8 Å². The number of hydrogen-bond acceptors (Lipinski definition) is 2. The summed E-state index contributed by atoms with van der Waals surface area (Å²) in [5, 5.41) is 6.47. The Morgan fingerprint density at radius 2 is 1.92 bits per heavy atom. The Morgan fingerprint density at radius 1 is 1.20 bits per heavy atom. The van der Waals surface area contributed by atoms with E-state index in [0.29, 0.717) is 25.5 Å². The smallest absolute Gasteiger partial charge is 0.229 e. The van der Waals surface area contributed by atoms with Crippen LogP contribution in [-0.4, -0.2) is 31.5 Å². The summed E-state index contributed by atoms with van der Waals surface area (Å²) in [7, 11) is 1.69. The molecule has 1 aliphatic heterocycles. The van der Waals surface area contributed by atoms with Gasteiger partial charge in [-0.2, -0.15) is 0 Å². The second-order valence-corrected chi connectivity index (χ2v) is 5.94. The van der Waals surface area contributed by atoms with Crippen molar-refractivity contribution >= 4 is 17.6 Å². The maximum absolute atomic E-state index is 12.9. The SMILES string of the molecule is CN=C(NCc1ccc(F)cc1)NC1CC(=O)N(c2ccccc2)C1. The molecule has 3 rings (SSSR count). The van der Waals surface area contributed by atoms with E-state index in [1.54, 1.807) is 24.1 Å². The average Bonchev–Trinajstić information content (AvgIpc) is 3.01. The molecule has 1 amide bonds. The van der Waals surface area contributed by atoms with Crippen molar-refractivity contribution in [1.82, 2.24) is 10.6 Å². The average molecular weight is 340 g/mol. The third kappa shape index (κ3) is 4.35. The van der Waals surface area contributed by atoms with Crippen LogP contribution in [0.3, 0.4) is 0 Å². The third-order valence-corrected chi connectivity index (χ3v) is 4.13. The summed E-state index contributed by atoms with van der Waals surface area (Å²) >= 11 is 0. The molecule has 0 aliphatic carbocycles. The van der Waals surface area contributed by atoms with Crippen LogP contribution in [0.5, 0.6) is 0 Å². The molecule has 0 saturated carbocycles. The van der Waals surface area contributed by atoms with Gasteiger partial charge in [-0.25, -0.2) is 4.39 Å². The van der Waals surface area contributed by atoms with Crippen molar-refractivity contribution in [2.24, 2.45) is 4.99 Å². The lowest BCUT2D eigenvalue weighted by molar-refractivity contribution is -0.117. The molecule has 0 bridgehead atoms. The molecular weight excluding hydrogens is 319 g/mol. The highest BCUT2D eigenvalue weighted by atomic mass is 19.1. The Morgan fingerprint density at radius 3 is 2.60 bits per heavy atom. The molecular formula is C19H21FN4O. The molecule has 2 aromatic rings. The quantitative estimate of drug-likeness (QED) is 0.663. The number of benzene rings is 2. The zero-order chi connectivity index (χ0) is 17.6. The molecule has 1 unspecified atom stereocenters. The summed E-state index contributed by atoms with van der Waals surface area (Å²) in [4.78, 5) is 18.2. The van der Waals surface area contributed by atoms with Crippen molar-refractivity contribution in [2.45, 2.75) is 19.0 Å². The fourth-order valence-corrected chi connectivity index (χ4v) is 2.84. The predicted octanol–water partition coefficient (Wildman–Crippen LogP) is 2.30. The number of anilines is 1. The number of carbonyl (C=O) groups excluding carboxylic acids is 1. The standard InChI is InChI=1S/C19H21FN4O/c1-21-19(22-12-14-7-9-15(20)10-8-14)23-16-11-18(25)24(13-16)17-5-3-2-4-6-17/h2-10,16H,11-13H2,1H3,(H2,21,22,23). The number of hydrogen-bond donors (Lipinski definition) is 2. The zero-order valence-electron chi connectivity index (χ0n) is 14.1. The molecule has 2 N–H and O–H groups in total. The first-order valence-corrected chi connectivity index (χ1v) is 8.23. The Kier molecular flexibility index (Phi) is 5.28. The van der Waals surface area contributed by atoms with Crippen molar-refractivity contribution in [2.75, 3.05) is 18.5 Å². The topological polar surface area (TPSA) is 56.7 Å². The maximum Gasteiger partial charge on any atom is 0.229 e. The maximum atomic E-state index is 12.9. The summed E-state index contributed by atoms with van der Waals surface area (Å²) < 4.78 is 12.9. The van der Waals surface area contributed by atoms with Gasteiger partial charge in [0.25, 0.3) is 0 Å². The molecule has 6 heteroatoms. The van der Waals surface area contributed by atoms with Crippen molar-refractivity contribution in [1.29, 1.82) is 0 Å². The fourth-order valence-electron chi connectivity index (χ4n) is 2.84. The minimum absolute atomic E-state index is 0.00729. The number of para-hydroxylation sites is 1. The van der Waals surface area contributed by atoms with Crippen LogP contribution >= 0.6 is 0 Å². The van der Waals surface area contributed by atoms with E-state index in [4.69, 9.17) is 0 Å². The minimum atomic E-state index is -0.253. The van der Waals surface area contributed by atoms with Crippen molar-refractivity contribution in [3.05, 3.63) is 66.0 Å². The number of nitrogens with zero attached hydrogens (tertiary/aromatic N) is 2. The molecule has 1 heterocycles. The largest absolute Gasteiger partial charge is 0.352 e. The van der Waals surface area contributed by atoms with Crippen LogP contribution < -0.4 is 15.5 Å². The van der Waals surface area contributed by atoms with E-state index >= 15 is 0 Å². The monoisotopic (exact) mass is 340 g/mol. The molecule has 2 aromatic carbocycles. The normalized spacial score (nSPS) is 17.7. The van der Waals surface area contributed by atoms with Crippen LogP contribution in [0.1, 0.15) is 12.0 Å². The van der Waals surface area contributed by atoms with E-state index in [0.717, 1.165) is 11.3 Å². The molecule has 5 nitrogen and oxygen atoms in total. The summed E-state index contributed by atoms with van der Waals surface area (Å²) in [6.07, 6.45) is 0.423. The molecule has 25 heavy (non-hydrogen) atoms. The number of amides is 1. The van der Waals surface area contributed by atoms with Gasteiger partial charge >= 0.3 is 0 Å². The number of aliphatic imine (C=N–C) groups is 1. The minimum Gasteiger partial charge on any atom is -0.352 e. The van der Waals surface area contributed by atoms with Gasteiger partial charge in [0.15, 0.2) is 5.96 Å². The second-order valence-electron chi connectivity index (χ2n) is 5.94. The molecule has 0 radical (unpaired) electrons. The van der Waals surface area contributed by atoms with E-state index in [9.17, 15) is 9.18 Å². The Balaban J connectivity index is 1.55. The zero-order valence-corrected chi connectivity index (χ0v) is 14.1. The molecule has 1 fully saturated rings. The van der Waals surface area contributed by atoms with Crippen molar-refractivity contribution < 1.29 is 9.18 Å².